The molecule has 9 nitrogen and oxygen atoms in total. The van der Waals surface area contributed by atoms with Crippen LogP contribution in [0.5, 0.6) is 0 Å². The first kappa shape index (κ1) is 16.8. The molecule has 1 fully saturated rings. The number of sulfonamides is 1. The average Bonchev–Trinajstić information content (AvgIpc) is 3.24. The molecular weight excluding hydrogens is 380 g/mol. The van der Waals surface area contributed by atoms with Crippen molar-refractivity contribution in [3.8, 4) is 10.7 Å². The molecule has 11 heteroatoms. The van der Waals surface area contributed by atoms with E-state index in [4.69, 9.17) is 4.52 Å². The molecule has 0 bridgehead atoms. The fraction of sp³-hybridized carbons (Fsp3) is 0.200. The Bertz CT molecular complexity index is 1060. The summed E-state index contributed by atoms with van der Waals surface area (Å²) in [5, 5.41) is 16.9. The van der Waals surface area contributed by atoms with Crippen LogP contribution < -0.4 is 0 Å². The highest BCUT2D eigenvalue weighted by Crippen LogP contribution is 2.35. The Labute approximate surface area is 152 Å². The second-order valence-electron chi connectivity index (χ2n) is 5.68. The van der Waals surface area contributed by atoms with Gasteiger partial charge in [0.1, 0.15) is 0 Å². The molecule has 0 amide bonds. The first-order valence-electron chi connectivity index (χ1n) is 7.58. The van der Waals surface area contributed by atoms with E-state index in [9.17, 15) is 18.5 Å². The number of benzene rings is 1. The van der Waals surface area contributed by atoms with Crippen molar-refractivity contribution >= 4 is 27.0 Å². The maximum absolute atomic E-state index is 12.7. The standard InChI is InChI=1S/C15H12N4O5S2/c20-19(21)11-4-1-2-6-13(11)26(22,23)18-8-10(9-18)15-16-14(17-24-15)12-5-3-7-25-12/h1-7,10H,8-9H2. The Morgan fingerprint density at radius 1 is 1.23 bits per heavy atom. The van der Waals surface area contributed by atoms with E-state index in [1.807, 2.05) is 17.5 Å². The van der Waals surface area contributed by atoms with Crippen LogP contribution in [0.2, 0.25) is 0 Å². The Hall–Kier alpha value is -2.63. The van der Waals surface area contributed by atoms with E-state index in [-0.39, 0.29) is 23.9 Å². The van der Waals surface area contributed by atoms with Crippen LogP contribution in [-0.2, 0) is 10.0 Å². The number of para-hydroxylation sites is 1. The molecule has 0 aliphatic carbocycles. The molecule has 0 saturated carbocycles. The van der Waals surface area contributed by atoms with Crippen LogP contribution in [0.3, 0.4) is 0 Å². The van der Waals surface area contributed by atoms with E-state index >= 15 is 0 Å². The van der Waals surface area contributed by atoms with Gasteiger partial charge in [0.15, 0.2) is 4.90 Å². The lowest BCUT2D eigenvalue weighted by atomic mass is 10.0. The highest BCUT2D eigenvalue weighted by atomic mass is 32.2. The van der Waals surface area contributed by atoms with Crippen LogP contribution >= 0.6 is 11.3 Å². The van der Waals surface area contributed by atoms with Gasteiger partial charge in [-0.05, 0) is 17.5 Å². The third kappa shape index (κ3) is 2.79. The maximum atomic E-state index is 12.7. The Morgan fingerprint density at radius 2 is 2.00 bits per heavy atom. The van der Waals surface area contributed by atoms with Gasteiger partial charge in [-0.1, -0.05) is 23.4 Å². The van der Waals surface area contributed by atoms with E-state index in [0.29, 0.717) is 11.7 Å². The molecule has 4 rings (SSSR count). The van der Waals surface area contributed by atoms with Crippen LogP contribution in [-0.4, -0.2) is 40.9 Å². The number of hydrogen-bond donors (Lipinski definition) is 0. The van der Waals surface area contributed by atoms with Crippen LogP contribution in [0.4, 0.5) is 5.69 Å². The number of aromatic nitrogens is 2. The van der Waals surface area contributed by atoms with Gasteiger partial charge in [-0.25, -0.2) is 8.42 Å². The summed E-state index contributed by atoms with van der Waals surface area (Å²) in [6, 6.07) is 9.05. The Morgan fingerprint density at radius 3 is 2.69 bits per heavy atom. The van der Waals surface area contributed by atoms with Crippen LogP contribution in [0, 0.1) is 10.1 Å². The molecule has 0 spiro atoms. The third-order valence-corrected chi connectivity index (χ3v) is 6.81. The van der Waals surface area contributed by atoms with Crippen LogP contribution in [0.15, 0.2) is 51.2 Å². The molecule has 1 aromatic carbocycles. The summed E-state index contributed by atoms with van der Waals surface area (Å²) in [6.45, 7) is 0.279. The van der Waals surface area contributed by atoms with E-state index in [1.165, 1.54) is 39.9 Å². The van der Waals surface area contributed by atoms with E-state index in [2.05, 4.69) is 10.1 Å². The van der Waals surface area contributed by atoms with Crippen molar-refractivity contribution in [1.29, 1.82) is 0 Å². The zero-order valence-electron chi connectivity index (χ0n) is 13.2. The lowest BCUT2D eigenvalue weighted by molar-refractivity contribution is -0.387. The van der Waals surface area contributed by atoms with Gasteiger partial charge in [-0.3, -0.25) is 10.1 Å². The van der Waals surface area contributed by atoms with Crippen molar-refractivity contribution in [3.63, 3.8) is 0 Å². The number of nitro benzene ring substituents is 1. The topological polar surface area (TPSA) is 119 Å². The maximum Gasteiger partial charge on any atom is 0.289 e. The first-order chi connectivity index (χ1) is 12.5. The highest BCUT2D eigenvalue weighted by molar-refractivity contribution is 7.89. The monoisotopic (exact) mass is 392 g/mol. The van der Waals surface area contributed by atoms with Crippen LogP contribution in [0.1, 0.15) is 11.8 Å². The predicted octanol–water partition coefficient (Wildman–Crippen LogP) is 2.49. The van der Waals surface area contributed by atoms with Crippen molar-refractivity contribution < 1.29 is 17.9 Å². The second-order valence-corrected chi connectivity index (χ2v) is 8.53. The summed E-state index contributed by atoms with van der Waals surface area (Å²) in [5.41, 5.74) is -0.436. The molecular formula is C15H12N4O5S2. The normalized spacial score (nSPS) is 15.7. The first-order valence-corrected chi connectivity index (χ1v) is 9.90. The fourth-order valence-electron chi connectivity index (χ4n) is 2.66. The van der Waals surface area contributed by atoms with E-state index in [1.54, 1.807) is 0 Å². The number of hydrogen-bond acceptors (Lipinski definition) is 8. The summed E-state index contributed by atoms with van der Waals surface area (Å²) < 4.78 is 31.7. The van der Waals surface area contributed by atoms with E-state index in [0.717, 1.165) is 4.88 Å². The molecule has 3 heterocycles. The zero-order chi connectivity index (χ0) is 18.3. The number of nitro groups is 1. The molecule has 0 radical (unpaired) electrons. The molecule has 134 valence electrons. The lowest BCUT2D eigenvalue weighted by Gasteiger charge is -2.35. The third-order valence-electron chi connectivity index (χ3n) is 4.06. The summed E-state index contributed by atoms with van der Waals surface area (Å²) in [6.07, 6.45) is 0. The van der Waals surface area contributed by atoms with Gasteiger partial charge < -0.3 is 4.52 Å². The van der Waals surface area contributed by atoms with Crippen molar-refractivity contribution in [3.05, 3.63) is 57.8 Å². The summed E-state index contributed by atoms with van der Waals surface area (Å²) >= 11 is 1.48. The Kier molecular flexibility index (Phi) is 4.05. The summed E-state index contributed by atoms with van der Waals surface area (Å²) in [7, 11) is -3.95. The van der Waals surface area contributed by atoms with Gasteiger partial charge in [0.05, 0.1) is 15.7 Å². The average molecular weight is 392 g/mol. The number of nitrogens with zero attached hydrogens (tertiary/aromatic N) is 4. The summed E-state index contributed by atoms with van der Waals surface area (Å²) in [4.78, 5) is 15.3. The largest absolute Gasteiger partial charge is 0.339 e. The van der Waals surface area contributed by atoms with Gasteiger partial charge in [-0.15, -0.1) is 11.3 Å². The summed E-state index contributed by atoms with van der Waals surface area (Å²) in [5.74, 6) is 0.603. The SMILES string of the molecule is O=[N+]([O-])c1ccccc1S(=O)(=O)N1CC(c2nc(-c3cccs3)no2)C1. The number of thiophene rings is 1. The van der Waals surface area contributed by atoms with Gasteiger partial charge in [0.2, 0.25) is 21.7 Å². The van der Waals surface area contributed by atoms with Crippen molar-refractivity contribution in [2.75, 3.05) is 13.1 Å². The molecule has 1 aliphatic heterocycles. The van der Waals surface area contributed by atoms with Gasteiger partial charge in [0, 0.05) is 19.2 Å². The molecule has 1 saturated heterocycles. The quantitative estimate of drug-likeness (QED) is 0.483. The van der Waals surface area contributed by atoms with Crippen LogP contribution in [0.25, 0.3) is 10.7 Å². The van der Waals surface area contributed by atoms with E-state index < -0.39 is 20.6 Å². The second kappa shape index (κ2) is 6.27. The molecule has 1 aliphatic rings. The molecule has 3 aromatic rings. The molecule has 26 heavy (non-hydrogen) atoms. The minimum atomic E-state index is -3.95. The number of rotatable bonds is 5. The zero-order valence-corrected chi connectivity index (χ0v) is 14.8. The molecule has 2 aromatic heterocycles. The van der Waals surface area contributed by atoms with Crippen molar-refractivity contribution in [2.24, 2.45) is 0 Å². The highest BCUT2D eigenvalue weighted by Gasteiger charge is 2.42. The minimum absolute atomic E-state index is 0.139. The van der Waals surface area contributed by atoms with Gasteiger partial charge in [-0.2, -0.15) is 9.29 Å². The lowest BCUT2D eigenvalue weighted by Crippen LogP contribution is -2.48. The minimum Gasteiger partial charge on any atom is -0.339 e. The predicted molar refractivity (Wildman–Crippen MR) is 92.2 cm³/mol. The Balaban J connectivity index is 1.52. The smallest absolute Gasteiger partial charge is 0.289 e. The molecule has 0 atom stereocenters. The molecule has 0 unspecified atom stereocenters. The van der Waals surface area contributed by atoms with Gasteiger partial charge in [0.25, 0.3) is 5.69 Å². The molecule has 0 N–H and O–H groups in total. The van der Waals surface area contributed by atoms with Gasteiger partial charge >= 0.3 is 0 Å². The van der Waals surface area contributed by atoms with Crippen molar-refractivity contribution in [2.45, 2.75) is 10.8 Å². The van der Waals surface area contributed by atoms with Crippen molar-refractivity contribution in [1.82, 2.24) is 14.4 Å². The fourth-order valence-corrected chi connectivity index (χ4v) is 5.00.